The van der Waals surface area contributed by atoms with Crippen molar-refractivity contribution in [3.05, 3.63) is 46.9 Å². The van der Waals surface area contributed by atoms with Gasteiger partial charge in [-0.15, -0.1) is 0 Å². The van der Waals surface area contributed by atoms with E-state index in [2.05, 4.69) is 12.2 Å². The van der Waals surface area contributed by atoms with Crippen molar-refractivity contribution in [1.29, 1.82) is 0 Å². The van der Waals surface area contributed by atoms with Crippen LogP contribution >= 0.6 is 0 Å². The molecule has 0 aliphatic heterocycles. The standard InChI is InChI=1S/C18H22N2O2/c1-13-6-2-5-9-16(13)19-17(21)12-20-11-10-14-7-3-4-8-15(14)18(20)22/h3-4,7-8,10-11,13,16H,2,5-6,9,12H2,1H3,(H,19,21)/t13-,16-/m1/s1. The molecule has 1 fully saturated rings. The first-order valence-corrected chi connectivity index (χ1v) is 8.03. The van der Waals surface area contributed by atoms with Crippen LogP contribution in [0.1, 0.15) is 32.6 Å². The van der Waals surface area contributed by atoms with Gasteiger partial charge >= 0.3 is 0 Å². The first kappa shape index (κ1) is 14.8. The summed E-state index contributed by atoms with van der Waals surface area (Å²) >= 11 is 0. The smallest absolute Gasteiger partial charge is 0.258 e. The Hall–Kier alpha value is -2.10. The van der Waals surface area contributed by atoms with Crippen LogP contribution in [0, 0.1) is 5.92 Å². The normalized spacial score (nSPS) is 21.7. The number of nitrogens with one attached hydrogen (secondary N) is 1. The molecular formula is C18H22N2O2. The van der Waals surface area contributed by atoms with Gasteiger partial charge in [-0.1, -0.05) is 38.0 Å². The van der Waals surface area contributed by atoms with E-state index in [1.165, 1.54) is 23.8 Å². The van der Waals surface area contributed by atoms with E-state index in [4.69, 9.17) is 0 Å². The zero-order chi connectivity index (χ0) is 15.5. The monoisotopic (exact) mass is 298 g/mol. The SMILES string of the molecule is C[C@@H]1CCCC[C@H]1NC(=O)Cn1ccc2ccccc2c1=O. The summed E-state index contributed by atoms with van der Waals surface area (Å²) in [6.45, 7) is 2.28. The molecule has 1 amide bonds. The van der Waals surface area contributed by atoms with Gasteiger partial charge in [-0.05, 0) is 36.3 Å². The van der Waals surface area contributed by atoms with Crippen LogP contribution in [0.15, 0.2) is 41.3 Å². The van der Waals surface area contributed by atoms with Crippen molar-refractivity contribution < 1.29 is 4.79 Å². The number of carbonyl (C=O) groups is 1. The Morgan fingerprint density at radius 3 is 2.82 bits per heavy atom. The summed E-state index contributed by atoms with van der Waals surface area (Å²) in [4.78, 5) is 24.6. The Balaban J connectivity index is 1.74. The summed E-state index contributed by atoms with van der Waals surface area (Å²) in [5.74, 6) is 0.446. The largest absolute Gasteiger partial charge is 0.352 e. The van der Waals surface area contributed by atoms with E-state index in [0.717, 1.165) is 11.8 Å². The summed E-state index contributed by atoms with van der Waals surface area (Å²) < 4.78 is 1.49. The van der Waals surface area contributed by atoms with Gasteiger partial charge in [0.1, 0.15) is 6.54 Å². The average molecular weight is 298 g/mol. The second-order valence-electron chi connectivity index (χ2n) is 6.27. The minimum Gasteiger partial charge on any atom is -0.352 e. The summed E-state index contributed by atoms with van der Waals surface area (Å²) in [6.07, 6.45) is 6.33. The van der Waals surface area contributed by atoms with Gasteiger partial charge in [0.25, 0.3) is 5.56 Å². The third-order valence-electron chi connectivity index (χ3n) is 4.66. The highest BCUT2D eigenvalue weighted by Crippen LogP contribution is 2.23. The fourth-order valence-corrected chi connectivity index (χ4v) is 3.29. The lowest BCUT2D eigenvalue weighted by atomic mass is 9.86. The molecule has 0 unspecified atom stereocenters. The maximum atomic E-state index is 12.4. The molecular weight excluding hydrogens is 276 g/mol. The number of hydrogen-bond donors (Lipinski definition) is 1. The summed E-state index contributed by atoms with van der Waals surface area (Å²) in [5.41, 5.74) is -0.107. The molecule has 0 spiro atoms. The molecule has 0 saturated heterocycles. The minimum absolute atomic E-state index is 0.0730. The van der Waals surface area contributed by atoms with Gasteiger partial charge in [0.2, 0.25) is 5.91 Å². The molecule has 2 aromatic rings. The number of benzene rings is 1. The number of fused-ring (bicyclic) bond motifs is 1. The van der Waals surface area contributed by atoms with E-state index in [9.17, 15) is 9.59 Å². The first-order valence-electron chi connectivity index (χ1n) is 8.03. The van der Waals surface area contributed by atoms with E-state index in [1.807, 2.05) is 24.3 Å². The van der Waals surface area contributed by atoms with Crippen molar-refractivity contribution in [3.63, 3.8) is 0 Å². The van der Waals surface area contributed by atoms with Crippen LogP contribution in [0.4, 0.5) is 0 Å². The molecule has 1 aliphatic rings. The summed E-state index contributed by atoms with van der Waals surface area (Å²) in [6, 6.07) is 9.59. The predicted octanol–water partition coefficient (Wildman–Crippen LogP) is 2.70. The van der Waals surface area contributed by atoms with Crippen molar-refractivity contribution in [2.75, 3.05) is 0 Å². The topological polar surface area (TPSA) is 51.1 Å². The molecule has 1 aliphatic carbocycles. The van der Waals surface area contributed by atoms with Gasteiger partial charge in [-0.3, -0.25) is 9.59 Å². The summed E-state index contributed by atoms with van der Waals surface area (Å²) in [7, 11) is 0. The number of amides is 1. The highest BCUT2D eigenvalue weighted by atomic mass is 16.2. The van der Waals surface area contributed by atoms with Crippen molar-refractivity contribution in [3.8, 4) is 0 Å². The first-order chi connectivity index (χ1) is 10.6. The maximum Gasteiger partial charge on any atom is 0.258 e. The van der Waals surface area contributed by atoms with Crippen molar-refractivity contribution >= 4 is 16.7 Å². The van der Waals surface area contributed by atoms with Crippen LogP contribution in [0.5, 0.6) is 0 Å². The number of hydrogen-bond acceptors (Lipinski definition) is 2. The molecule has 22 heavy (non-hydrogen) atoms. The molecule has 0 bridgehead atoms. The number of aromatic nitrogens is 1. The predicted molar refractivity (Wildman–Crippen MR) is 87.8 cm³/mol. The van der Waals surface area contributed by atoms with Crippen LogP contribution in [0.3, 0.4) is 0 Å². The molecule has 2 atom stereocenters. The number of nitrogens with zero attached hydrogens (tertiary/aromatic N) is 1. The van der Waals surface area contributed by atoms with Gasteiger partial charge in [-0.25, -0.2) is 0 Å². The van der Waals surface area contributed by atoms with E-state index in [-0.39, 0.29) is 24.1 Å². The van der Waals surface area contributed by atoms with Gasteiger partial charge in [0.15, 0.2) is 0 Å². The molecule has 1 aromatic carbocycles. The zero-order valence-electron chi connectivity index (χ0n) is 12.9. The molecule has 1 aromatic heterocycles. The third kappa shape index (κ3) is 3.06. The van der Waals surface area contributed by atoms with Crippen LogP contribution < -0.4 is 10.9 Å². The molecule has 1 N–H and O–H groups in total. The van der Waals surface area contributed by atoms with Gasteiger partial charge in [-0.2, -0.15) is 0 Å². The van der Waals surface area contributed by atoms with Gasteiger partial charge < -0.3 is 9.88 Å². The lowest BCUT2D eigenvalue weighted by molar-refractivity contribution is -0.123. The maximum absolute atomic E-state index is 12.4. The molecule has 0 radical (unpaired) electrons. The number of pyridine rings is 1. The quantitative estimate of drug-likeness (QED) is 0.947. The second-order valence-corrected chi connectivity index (χ2v) is 6.27. The van der Waals surface area contributed by atoms with Crippen LogP contribution in [-0.4, -0.2) is 16.5 Å². The van der Waals surface area contributed by atoms with E-state index < -0.39 is 0 Å². The highest BCUT2D eigenvalue weighted by molar-refractivity contribution is 5.82. The highest BCUT2D eigenvalue weighted by Gasteiger charge is 2.22. The van der Waals surface area contributed by atoms with Crippen molar-refractivity contribution in [2.24, 2.45) is 5.92 Å². The molecule has 1 saturated carbocycles. The van der Waals surface area contributed by atoms with Crippen molar-refractivity contribution in [2.45, 2.75) is 45.2 Å². The lowest BCUT2D eigenvalue weighted by Crippen LogP contribution is -2.43. The fraction of sp³-hybridized carbons (Fsp3) is 0.444. The van der Waals surface area contributed by atoms with Crippen molar-refractivity contribution in [1.82, 2.24) is 9.88 Å². The van der Waals surface area contributed by atoms with E-state index in [1.54, 1.807) is 12.3 Å². The summed E-state index contributed by atoms with van der Waals surface area (Å²) in [5, 5.41) is 4.66. The number of rotatable bonds is 3. The van der Waals surface area contributed by atoms with Gasteiger partial charge in [0.05, 0.1) is 0 Å². The van der Waals surface area contributed by atoms with Gasteiger partial charge in [0, 0.05) is 17.6 Å². The van der Waals surface area contributed by atoms with E-state index >= 15 is 0 Å². The molecule has 4 nitrogen and oxygen atoms in total. The molecule has 4 heteroatoms. The third-order valence-corrected chi connectivity index (χ3v) is 4.66. The average Bonchev–Trinajstić information content (AvgIpc) is 2.53. The Morgan fingerprint density at radius 2 is 2.00 bits per heavy atom. The Kier molecular flexibility index (Phi) is 4.27. The van der Waals surface area contributed by atoms with E-state index in [0.29, 0.717) is 11.3 Å². The fourth-order valence-electron chi connectivity index (χ4n) is 3.29. The Bertz CT molecular complexity index is 735. The van der Waals surface area contributed by atoms with Crippen LogP contribution in [0.25, 0.3) is 10.8 Å². The van der Waals surface area contributed by atoms with Crippen LogP contribution in [0.2, 0.25) is 0 Å². The molecule has 116 valence electrons. The number of carbonyl (C=O) groups excluding carboxylic acids is 1. The van der Waals surface area contributed by atoms with Crippen LogP contribution in [-0.2, 0) is 11.3 Å². The Labute approximate surface area is 130 Å². The lowest BCUT2D eigenvalue weighted by Gasteiger charge is -2.29. The Morgan fingerprint density at radius 1 is 1.23 bits per heavy atom. The second kappa shape index (κ2) is 6.34. The molecule has 1 heterocycles. The minimum atomic E-state index is -0.107. The zero-order valence-corrected chi connectivity index (χ0v) is 12.9. The molecule has 3 rings (SSSR count).